The summed E-state index contributed by atoms with van der Waals surface area (Å²) in [7, 11) is 0. The summed E-state index contributed by atoms with van der Waals surface area (Å²) in [6.45, 7) is -0.691. The molecule has 0 heterocycles. The van der Waals surface area contributed by atoms with Crippen LogP contribution in [0.4, 0.5) is 17.6 Å². The highest BCUT2D eigenvalue weighted by molar-refractivity contribution is 6.30. The monoisotopic (exact) mass is 424 g/mol. The van der Waals surface area contributed by atoms with Gasteiger partial charge < -0.3 is 9.47 Å². The summed E-state index contributed by atoms with van der Waals surface area (Å²) in [4.78, 5) is 0. The summed E-state index contributed by atoms with van der Waals surface area (Å²) in [5, 5.41) is 0.354. The van der Waals surface area contributed by atoms with Gasteiger partial charge in [0.2, 0.25) is 0 Å². The average molecular weight is 425 g/mol. The predicted molar refractivity (Wildman–Crippen MR) is 103 cm³/mol. The fraction of sp³-hybridized carbons (Fsp3) is 0.182. The van der Waals surface area contributed by atoms with Gasteiger partial charge in [-0.1, -0.05) is 48.0 Å². The van der Waals surface area contributed by atoms with E-state index in [4.69, 9.17) is 21.1 Å². The smallest absolute Gasteiger partial charge is 0.397 e. The second-order valence-corrected chi connectivity index (χ2v) is 6.78. The summed E-state index contributed by atoms with van der Waals surface area (Å²) in [6, 6.07) is 18.1. The SMILES string of the molecule is Fc1ccc(COCC(c2ccc(Cl)cc2)C(F)(F)F)cc1Oc1ccccc1. The van der Waals surface area contributed by atoms with Crippen molar-refractivity contribution in [3.8, 4) is 11.5 Å². The van der Waals surface area contributed by atoms with Crippen molar-refractivity contribution in [2.24, 2.45) is 0 Å². The molecule has 0 aliphatic carbocycles. The Hall–Kier alpha value is -2.57. The van der Waals surface area contributed by atoms with Crippen LogP contribution < -0.4 is 4.74 Å². The van der Waals surface area contributed by atoms with Gasteiger partial charge >= 0.3 is 6.18 Å². The van der Waals surface area contributed by atoms with Crippen LogP contribution in [0, 0.1) is 5.82 Å². The van der Waals surface area contributed by atoms with Gasteiger partial charge in [-0.15, -0.1) is 0 Å². The molecule has 0 aliphatic heterocycles. The van der Waals surface area contributed by atoms with Crippen LogP contribution in [0.3, 0.4) is 0 Å². The van der Waals surface area contributed by atoms with Crippen LogP contribution in [0.5, 0.6) is 11.5 Å². The minimum Gasteiger partial charge on any atom is -0.454 e. The fourth-order valence-corrected chi connectivity index (χ4v) is 2.83. The second kappa shape index (κ2) is 9.29. The number of benzene rings is 3. The molecular formula is C22H17ClF4O2. The Kier molecular flexibility index (Phi) is 6.77. The molecule has 0 radical (unpaired) electrons. The molecule has 1 unspecified atom stereocenters. The van der Waals surface area contributed by atoms with Crippen molar-refractivity contribution in [3.05, 3.63) is 94.8 Å². The molecule has 0 fully saturated rings. The van der Waals surface area contributed by atoms with Gasteiger partial charge in [-0.3, -0.25) is 0 Å². The zero-order valence-electron chi connectivity index (χ0n) is 15.1. The van der Waals surface area contributed by atoms with Crippen LogP contribution in [0.1, 0.15) is 17.0 Å². The van der Waals surface area contributed by atoms with Crippen LogP contribution in [0.15, 0.2) is 72.8 Å². The third kappa shape index (κ3) is 5.95. The van der Waals surface area contributed by atoms with E-state index in [1.165, 1.54) is 42.5 Å². The summed E-state index contributed by atoms with van der Waals surface area (Å²) in [5.74, 6) is -1.95. The van der Waals surface area contributed by atoms with E-state index < -0.39 is 24.5 Å². The lowest BCUT2D eigenvalue weighted by Gasteiger charge is -2.21. The Bertz CT molecular complexity index is 928. The van der Waals surface area contributed by atoms with Gasteiger partial charge in [-0.25, -0.2) is 4.39 Å². The largest absolute Gasteiger partial charge is 0.454 e. The van der Waals surface area contributed by atoms with Crippen LogP contribution in [-0.4, -0.2) is 12.8 Å². The van der Waals surface area contributed by atoms with Crippen molar-refractivity contribution in [2.45, 2.75) is 18.7 Å². The Balaban J connectivity index is 1.67. The molecule has 29 heavy (non-hydrogen) atoms. The standard InChI is InChI=1S/C22H17ClF4O2/c23-17-9-7-16(8-10-17)19(22(25,26)27)14-28-13-15-6-11-20(24)21(12-15)29-18-4-2-1-3-5-18/h1-12,19H,13-14H2. The number of rotatable bonds is 7. The molecule has 3 rings (SSSR count). The molecule has 0 aliphatic rings. The average Bonchev–Trinajstić information content (AvgIpc) is 2.68. The van der Waals surface area contributed by atoms with E-state index in [1.54, 1.807) is 30.3 Å². The Morgan fingerprint density at radius 1 is 0.897 bits per heavy atom. The first-order valence-corrected chi connectivity index (χ1v) is 9.12. The maximum absolute atomic E-state index is 14.0. The zero-order valence-corrected chi connectivity index (χ0v) is 15.9. The van der Waals surface area contributed by atoms with Crippen molar-refractivity contribution in [1.82, 2.24) is 0 Å². The van der Waals surface area contributed by atoms with Crippen molar-refractivity contribution < 1.29 is 27.0 Å². The van der Waals surface area contributed by atoms with Crippen LogP contribution in [0.25, 0.3) is 0 Å². The quantitative estimate of drug-likeness (QED) is 0.375. The first-order chi connectivity index (χ1) is 13.8. The van der Waals surface area contributed by atoms with Gasteiger partial charge in [0.25, 0.3) is 0 Å². The zero-order chi connectivity index (χ0) is 20.9. The number of para-hydroxylation sites is 1. The van der Waals surface area contributed by atoms with Crippen LogP contribution >= 0.6 is 11.6 Å². The predicted octanol–water partition coefficient (Wildman–Crippen LogP) is 7.13. The van der Waals surface area contributed by atoms with Gasteiger partial charge in [0.15, 0.2) is 11.6 Å². The van der Waals surface area contributed by atoms with Gasteiger partial charge in [0, 0.05) is 5.02 Å². The summed E-state index contributed by atoms with van der Waals surface area (Å²) < 4.78 is 65.0. The first kappa shape index (κ1) is 21.1. The fourth-order valence-electron chi connectivity index (χ4n) is 2.70. The summed E-state index contributed by atoms with van der Waals surface area (Å²) in [5.41, 5.74) is 0.559. The van der Waals surface area contributed by atoms with E-state index in [-0.39, 0.29) is 17.9 Å². The van der Waals surface area contributed by atoms with Crippen molar-refractivity contribution in [1.29, 1.82) is 0 Å². The lowest BCUT2D eigenvalue weighted by atomic mass is 9.99. The van der Waals surface area contributed by atoms with E-state index in [9.17, 15) is 17.6 Å². The van der Waals surface area contributed by atoms with E-state index in [0.29, 0.717) is 16.3 Å². The Labute approximate surface area is 170 Å². The van der Waals surface area contributed by atoms with E-state index in [0.717, 1.165) is 0 Å². The molecule has 0 saturated carbocycles. The lowest BCUT2D eigenvalue weighted by Crippen LogP contribution is -2.25. The minimum atomic E-state index is -4.47. The van der Waals surface area contributed by atoms with E-state index in [2.05, 4.69) is 0 Å². The highest BCUT2D eigenvalue weighted by Crippen LogP contribution is 2.36. The maximum atomic E-state index is 14.0. The van der Waals surface area contributed by atoms with Gasteiger partial charge in [0.05, 0.1) is 13.2 Å². The van der Waals surface area contributed by atoms with E-state index >= 15 is 0 Å². The third-order valence-corrected chi connectivity index (χ3v) is 4.44. The van der Waals surface area contributed by atoms with Crippen LogP contribution in [0.2, 0.25) is 5.02 Å². The Morgan fingerprint density at radius 2 is 1.59 bits per heavy atom. The van der Waals surface area contributed by atoms with E-state index in [1.807, 2.05) is 0 Å². The van der Waals surface area contributed by atoms with Crippen molar-refractivity contribution in [3.63, 3.8) is 0 Å². The number of halogens is 5. The normalized spacial score (nSPS) is 12.6. The molecule has 1 atom stereocenters. The third-order valence-electron chi connectivity index (χ3n) is 4.19. The Morgan fingerprint density at radius 3 is 2.24 bits per heavy atom. The molecular weight excluding hydrogens is 408 g/mol. The minimum absolute atomic E-state index is 0.0256. The lowest BCUT2D eigenvalue weighted by molar-refractivity contribution is -0.163. The van der Waals surface area contributed by atoms with Gasteiger partial charge in [-0.05, 0) is 47.5 Å². The first-order valence-electron chi connectivity index (χ1n) is 8.74. The van der Waals surface area contributed by atoms with Gasteiger partial charge in [0.1, 0.15) is 11.7 Å². The number of ether oxygens (including phenoxy) is 2. The molecule has 0 N–H and O–H groups in total. The molecule has 7 heteroatoms. The molecule has 2 nitrogen and oxygen atoms in total. The topological polar surface area (TPSA) is 18.5 Å². The highest BCUT2D eigenvalue weighted by atomic mass is 35.5. The van der Waals surface area contributed by atoms with Crippen molar-refractivity contribution in [2.75, 3.05) is 6.61 Å². The summed E-state index contributed by atoms with van der Waals surface area (Å²) >= 11 is 5.75. The molecule has 0 spiro atoms. The van der Waals surface area contributed by atoms with Crippen LogP contribution in [-0.2, 0) is 11.3 Å². The highest BCUT2D eigenvalue weighted by Gasteiger charge is 2.40. The molecule has 0 amide bonds. The molecule has 0 aromatic heterocycles. The molecule has 0 bridgehead atoms. The number of hydrogen-bond donors (Lipinski definition) is 0. The number of alkyl halides is 3. The molecule has 0 saturated heterocycles. The molecule has 3 aromatic rings. The van der Waals surface area contributed by atoms with Gasteiger partial charge in [-0.2, -0.15) is 13.2 Å². The summed E-state index contributed by atoms with van der Waals surface area (Å²) in [6.07, 6.45) is -4.47. The molecule has 3 aromatic carbocycles. The molecule has 152 valence electrons. The van der Waals surface area contributed by atoms with Crippen molar-refractivity contribution >= 4 is 11.6 Å². The number of hydrogen-bond acceptors (Lipinski definition) is 2. The maximum Gasteiger partial charge on any atom is 0.397 e. The second-order valence-electron chi connectivity index (χ2n) is 6.34.